The number of benzene rings is 1. The molecule has 1 amide bonds. The highest BCUT2D eigenvalue weighted by molar-refractivity contribution is 6.36. The number of carbonyl (C=O) groups is 2. The van der Waals surface area contributed by atoms with Crippen LogP contribution in [0.5, 0.6) is 5.75 Å². The van der Waals surface area contributed by atoms with Gasteiger partial charge in [-0.15, -0.1) is 0 Å². The topological polar surface area (TPSA) is 77.5 Å². The number of hydrogen-bond donors (Lipinski definition) is 1. The minimum absolute atomic E-state index is 0.140. The van der Waals surface area contributed by atoms with Crippen LogP contribution < -0.4 is 10.1 Å². The summed E-state index contributed by atoms with van der Waals surface area (Å²) in [6.45, 7) is -0.466. The second kappa shape index (κ2) is 9.05. The largest absolute Gasteiger partial charge is 0.497 e. The monoisotopic (exact) mass is 380 g/mol. The normalized spacial score (nSPS) is 10.5. The number of ether oxygens (including phenoxy) is 2. The third-order valence-corrected chi connectivity index (χ3v) is 3.43. The number of nitrogens with zero attached hydrogens (tertiary/aromatic N) is 1. The summed E-state index contributed by atoms with van der Waals surface area (Å²) in [5.74, 6) is -0.365. The molecule has 0 saturated carbocycles. The fourth-order valence-corrected chi connectivity index (χ4v) is 2.17. The molecule has 0 aliphatic heterocycles. The molecule has 2 rings (SSSR count). The number of rotatable bonds is 6. The lowest BCUT2D eigenvalue weighted by Gasteiger charge is -2.06. The van der Waals surface area contributed by atoms with Crippen molar-refractivity contribution in [1.29, 1.82) is 0 Å². The summed E-state index contributed by atoms with van der Waals surface area (Å²) >= 11 is 11.6. The molecule has 6 nitrogen and oxygen atoms in total. The summed E-state index contributed by atoms with van der Waals surface area (Å²) in [6.07, 6.45) is 4.13. The van der Waals surface area contributed by atoms with Gasteiger partial charge in [0.2, 0.25) is 0 Å². The van der Waals surface area contributed by atoms with Crippen LogP contribution in [0, 0.1) is 0 Å². The Hall–Kier alpha value is -2.57. The van der Waals surface area contributed by atoms with Gasteiger partial charge in [0.15, 0.2) is 12.4 Å². The van der Waals surface area contributed by atoms with E-state index in [9.17, 15) is 9.59 Å². The average Bonchev–Trinajstić information content (AvgIpc) is 2.61. The van der Waals surface area contributed by atoms with Gasteiger partial charge in [-0.05, 0) is 29.8 Å². The van der Waals surface area contributed by atoms with Crippen LogP contribution >= 0.6 is 23.2 Å². The molecule has 1 heterocycles. The summed E-state index contributed by atoms with van der Waals surface area (Å²) in [5.41, 5.74) is 0.791. The van der Waals surface area contributed by atoms with E-state index in [0.717, 1.165) is 5.56 Å². The standard InChI is InChI=1S/C17H14Cl2N2O4/c1-24-13-5-2-11(3-6-13)4-7-16(23)25-10-15(22)21-17-14(19)8-12(18)9-20-17/h2-9H,10H2,1H3,(H,20,21,22). The molecule has 0 unspecified atom stereocenters. The Bertz CT molecular complexity index is 792. The predicted molar refractivity (Wildman–Crippen MR) is 95.9 cm³/mol. The van der Waals surface area contributed by atoms with Gasteiger partial charge in [0.1, 0.15) is 5.75 Å². The van der Waals surface area contributed by atoms with Crippen LogP contribution in [0.25, 0.3) is 6.08 Å². The SMILES string of the molecule is COc1ccc(C=CC(=O)OCC(=O)Nc2ncc(Cl)cc2Cl)cc1. The summed E-state index contributed by atoms with van der Waals surface area (Å²) in [6, 6.07) is 8.53. The van der Waals surface area contributed by atoms with Crippen LogP contribution in [0.2, 0.25) is 10.0 Å². The van der Waals surface area contributed by atoms with E-state index in [1.807, 2.05) is 0 Å². The van der Waals surface area contributed by atoms with Gasteiger partial charge in [-0.2, -0.15) is 0 Å². The lowest BCUT2D eigenvalue weighted by atomic mass is 10.2. The first-order chi connectivity index (χ1) is 12.0. The molecule has 1 N–H and O–H groups in total. The van der Waals surface area contributed by atoms with Gasteiger partial charge in [-0.25, -0.2) is 9.78 Å². The number of anilines is 1. The lowest BCUT2D eigenvalue weighted by molar-refractivity contribution is -0.142. The highest BCUT2D eigenvalue weighted by Crippen LogP contribution is 2.22. The van der Waals surface area contributed by atoms with E-state index in [2.05, 4.69) is 10.3 Å². The van der Waals surface area contributed by atoms with Crippen LogP contribution in [0.3, 0.4) is 0 Å². The zero-order valence-corrected chi connectivity index (χ0v) is 14.7. The number of methoxy groups -OCH3 is 1. The molecule has 8 heteroatoms. The fraction of sp³-hybridized carbons (Fsp3) is 0.118. The second-order valence-electron chi connectivity index (χ2n) is 4.75. The van der Waals surface area contributed by atoms with Gasteiger partial charge in [-0.3, -0.25) is 4.79 Å². The number of amides is 1. The molecule has 0 aliphatic rings. The number of aromatic nitrogens is 1. The van der Waals surface area contributed by atoms with E-state index >= 15 is 0 Å². The predicted octanol–water partition coefficient (Wildman–Crippen LogP) is 3.59. The molecule has 25 heavy (non-hydrogen) atoms. The Morgan fingerprint density at radius 2 is 1.96 bits per heavy atom. The van der Waals surface area contributed by atoms with Gasteiger partial charge in [0, 0.05) is 12.3 Å². The molecule has 130 valence electrons. The molecule has 0 aliphatic carbocycles. The number of nitrogens with one attached hydrogen (secondary N) is 1. The van der Waals surface area contributed by atoms with Crippen molar-refractivity contribution in [2.24, 2.45) is 0 Å². The van der Waals surface area contributed by atoms with E-state index < -0.39 is 18.5 Å². The van der Waals surface area contributed by atoms with Crippen molar-refractivity contribution in [2.75, 3.05) is 19.0 Å². The zero-order valence-electron chi connectivity index (χ0n) is 13.2. The Kier molecular flexibility index (Phi) is 6.80. The maximum absolute atomic E-state index is 11.7. The van der Waals surface area contributed by atoms with Crippen LogP contribution in [0.15, 0.2) is 42.6 Å². The van der Waals surface area contributed by atoms with Gasteiger partial charge in [0.25, 0.3) is 5.91 Å². The molecule has 0 bridgehead atoms. The van der Waals surface area contributed by atoms with Crippen molar-refractivity contribution in [1.82, 2.24) is 4.98 Å². The van der Waals surface area contributed by atoms with E-state index in [0.29, 0.717) is 10.8 Å². The molecule has 0 fully saturated rings. The molecule has 0 spiro atoms. The Morgan fingerprint density at radius 3 is 2.60 bits per heavy atom. The maximum Gasteiger partial charge on any atom is 0.331 e. The fourth-order valence-electron chi connectivity index (χ4n) is 1.74. The first-order valence-corrected chi connectivity index (χ1v) is 7.83. The van der Waals surface area contributed by atoms with Crippen molar-refractivity contribution in [3.8, 4) is 5.75 Å². The molecular weight excluding hydrogens is 367 g/mol. The molecule has 0 radical (unpaired) electrons. The molecule has 0 atom stereocenters. The van der Waals surface area contributed by atoms with Gasteiger partial charge >= 0.3 is 5.97 Å². The maximum atomic E-state index is 11.7. The van der Waals surface area contributed by atoms with Crippen molar-refractivity contribution >= 4 is 47.0 Å². The highest BCUT2D eigenvalue weighted by Gasteiger charge is 2.09. The number of pyridine rings is 1. The van der Waals surface area contributed by atoms with E-state index in [1.165, 1.54) is 18.3 Å². The highest BCUT2D eigenvalue weighted by atomic mass is 35.5. The van der Waals surface area contributed by atoms with Crippen molar-refractivity contribution in [3.05, 3.63) is 58.2 Å². The van der Waals surface area contributed by atoms with Crippen LogP contribution in [-0.2, 0) is 14.3 Å². The Balaban J connectivity index is 1.82. The smallest absolute Gasteiger partial charge is 0.331 e. The third kappa shape index (κ3) is 6.10. The van der Waals surface area contributed by atoms with Crippen LogP contribution in [-0.4, -0.2) is 30.6 Å². The van der Waals surface area contributed by atoms with Crippen molar-refractivity contribution < 1.29 is 19.1 Å². The quantitative estimate of drug-likeness (QED) is 0.611. The van der Waals surface area contributed by atoms with Gasteiger partial charge in [-0.1, -0.05) is 35.3 Å². The third-order valence-electron chi connectivity index (χ3n) is 2.94. The van der Waals surface area contributed by atoms with Gasteiger partial charge in [0.05, 0.1) is 17.2 Å². The number of esters is 1. The summed E-state index contributed by atoms with van der Waals surface area (Å²) < 4.78 is 9.89. The first-order valence-electron chi connectivity index (χ1n) is 7.07. The first kappa shape index (κ1) is 18.8. The molecule has 1 aromatic carbocycles. The molecule has 2 aromatic rings. The number of carbonyl (C=O) groups excluding carboxylic acids is 2. The van der Waals surface area contributed by atoms with Crippen molar-refractivity contribution in [3.63, 3.8) is 0 Å². The van der Waals surface area contributed by atoms with E-state index in [1.54, 1.807) is 37.5 Å². The Morgan fingerprint density at radius 1 is 1.24 bits per heavy atom. The lowest BCUT2D eigenvalue weighted by Crippen LogP contribution is -2.20. The van der Waals surface area contributed by atoms with E-state index in [4.69, 9.17) is 32.7 Å². The minimum Gasteiger partial charge on any atom is -0.497 e. The van der Waals surface area contributed by atoms with Crippen molar-refractivity contribution in [2.45, 2.75) is 0 Å². The Labute approximate surface area is 154 Å². The molecule has 0 saturated heterocycles. The zero-order chi connectivity index (χ0) is 18.2. The summed E-state index contributed by atoms with van der Waals surface area (Å²) in [4.78, 5) is 27.3. The molecule has 1 aromatic heterocycles. The molecular formula is C17H14Cl2N2O4. The number of halogens is 2. The van der Waals surface area contributed by atoms with Gasteiger partial charge < -0.3 is 14.8 Å². The number of hydrogen-bond acceptors (Lipinski definition) is 5. The van der Waals surface area contributed by atoms with Crippen LogP contribution in [0.4, 0.5) is 5.82 Å². The minimum atomic E-state index is -0.652. The van der Waals surface area contributed by atoms with Crippen LogP contribution in [0.1, 0.15) is 5.56 Å². The second-order valence-corrected chi connectivity index (χ2v) is 5.59. The summed E-state index contributed by atoms with van der Waals surface area (Å²) in [7, 11) is 1.57. The van der Waals surface area contributed by atoms with E-state index in [-0.39, 0.29) is 10.8 Å². The summed E-state index contributed by atoms with van der Waals surface area (Å²) in [5, 5.41) is 2.96. The average molecular weight is 381 g/mol.